The molecule has 3 rings (SSSR count). The highest BCUT2D eigenvalue weighted by Crippen LogP contribution is 2.33. The molecule has 2 aromatic rings. The van der Waals surface area contributed by atoms with E-state index in [0.29, 0.717) is 5.70 Å². The Balaban J connectivity index is 1.95. The lowest BCUT2D eigenvalue weighted by molar-refractivity contribution is -0.139. The van der Waals surface area contributed by atoms with Crippen molar-refractivity contribution in [1.82, 2.24) is 15.6 Å². The lowest BCUT2D eigenvalue weighted by Gasteiger charge is -2.28. The fourth-order valence-electron chi connectivity index (χ4n) is 2.95. The van der Waals surface area contributed by atoms with E-state index in [0.717, 1.165) is 16.6 Å². The molecule has 1 atom stereocenters. The maximum atomic E-state index is 12.8. The number of nitrogens with one attached hydrogen (secondary N) is 2. The van der Waals surface area contributed by atoms with Crippen LogP contribution in [0.2, 0.25) is 0 Å². The minimum atomic E-state index is -0.660. The first-order valence-electron chi connectivity index (χ1n) is 9.70. The Morgan fingerprint density at radius 2 is 1.97 bits per heavy atom. The van der Waals surface area contributed by atoms with Crippen LogP contribution in [0.25, 0.3) is 0 Å². The number of ether oxygens (including phenoxy) is 2. The highest BCUT2D eigenvalue weighted by atomic mass is 32.2. The molecule has 9 nitrogen and oxygen atoms in total. The standard InChI is InChI=1S/C21H20N4O5S2/c1-3-29-19(26)13-8-7-12(10-22)18(23-13)32-11-14-16(20(27)30-4-2)17(25-21(28)24-14)15-6-5-9-31-15/h5-9,17H,3-4,11H2,1-2H3,(H2,24,25,28)/t17-/m1/s1. The molecule has 0 fully saturated rings. The minimum absolute atomic E-state index is 0.0683. The number of esters is 2. The van der Waals surface area contributed by atoms with E-state index < -0.39 is 24.0 Å². The highest BCUT2D eigenvalue weighted by molar-refractivity contribution is 7.99. The first kappa shape index (κ1) is 23.3. The lowest BCUT2D eigenvalue weighted by Crippen LogP contribution is -2.46. The molecule has 0 unspecified atom stereocenters. The first-order valence-corrected chi connectivity index (χ1v) is 11.6. The molecular weight excluding hydrogens is 452 g/mol. The van der Waals surface area contributed by atoms with Crippen LogP contribution in [-0.4, -0.2) is 41.9 Å². The van der Waals surface area contributed by atoms with Crippen molar-refractivity contribution in [2.75, 3.05) is 19.0 Å². The van der Waals surface area contributed by atoms with Crippen molar-refractivity contribution in [3.63, 3.8) is 0 Å². The van der Waals surface area contributed by atoms with Gasteiger partial charge >= 0.3 is 18.0 Å². The van der Waals surface area contributed by atoms with Gasteiger partial charge in [-0.1, -0.05) is 17.8 Å². The number of pyridine rings is 1. The van der Waals surface area contributed by atoms with Gasteiger partial charge in [0.25, 0.3) is 0 Å². The van der Waals surface area contributed by atoms with Crippen molar-refractivity contribution in [2.45, 2.75) is 24.9 Å². The smallest absolute Gasteiger partial charge is 0.356 e. The normalized spacial score (nSPS) is 15.4. The van der Waals surface area contributed by atoms with Gasteiger partial charge in [0.05, 0.1) is 30.4 Å². The van der Waals surface area contributed by atoms with Gasteiger partial charge in [-0.25, -0.2) is 19.4 Å². The number of hydrogen-bond donors (Lipinski definition) is 2. The molecule has 1 aliphatic rings. The molecule has 0 spiro atoms. The summed E-state index contributed by atoms with van der Waals surface area (Å²) in [6, 6.07) is 7.47. The second-order valence-corrected chi connectivity index (χ2v) is 8.27. The summed E-state index contributed by atoms with van der Waals surface area (Å²) in [5, 5.41) is 17.0. The number of amides is 2. The van der Waals surface area contributed by atoms with Crippen molar-refractivity contribution in [1.29, 1.82) is 5.26 Å². The van der Waals surface area contributed by atoms with E-state index in [2.05, 4.69) is 15.6 Å². The molecule has 0 saturated heterocycles. The van der Waals surface area contributed by atoms with E-state index in [9.17, 15) is 19.6 Å². The van der Waals surface area contributed by atoms with Gasteiger partial charge in [-0.05, 0) is 37.4 Å². The number of thiophene rings is 1. The van der Waals surface area contributed by atoms with Crippen molar-refractivity contribution >= 4 is 41.1 Å². The quantitative estimate of drug-likeness (QED) is 0.443. The van der Waals surface area contributed by atoms with Crippen molar-refractivity contribution < 1.29 is 23.9 Å². The number of hydrogen-bond acceptors (Lipinski definition) is 9. The third-order valence-electron chi connectivity index (χ3n) is 4.30. The average molecular weight is 473 g/mol. The minimum Gasteiger partial charge on any atom is -0.463 e. The second-order valence-electron chi connectivity index (χ2n) is 6.33. The zero-order valence-corrected chi connectivity index (χ0v) is 19.0. The van der Waals surface area contributed by atoms with Gasteiger partial charge in [0.1, 0.15) is 16.8 Å². The third-order valence-corrected chi connectivity index (χ3v) is 6.25. The highest BCUT2D eigenvalue weighted by Gasteiger charge is 2.34. The molecule has 2 aromatic heterocycles. The monoisotopic (exact) mass is 472 g/mol. The number of rotatable bonds is 8. The number of thioether (sulfide) groups is 1. The lowest BCUT2D eigenvalue weighted by atomic mass is 10.0. The summed E-state index contributed by atoms with van der Waals surface area (Å²) in [7, 11) is 0. The maximum absolute atomic E-state index is 12.8. The van der Waals surface area contributed by atoms with Gasteiger partial charge in [-0.2, -0.15) is 5.26 Å². The van der Waals surface area contributed by atoms with Crippen LogP contribution in [0.5, 0.6) is 0 Å². The molecule has 0 radical (unpaired) electrons. The molecule has 0 aliphatic carbocycles. The predicted molar refractivity (Wildman–Crippen MR) is 118 cm³/mol. The maximum Gasteiger partial charge on any atom is 0.356 e. The Morgan fingerprint density at radius 1 is 1.22 bits per heavy atom. The molecule has 2 amide bonds. The molecule has 2 N–H and O–H groups in total. The van der Waals surface area contributed by atoms with Gasteiger partial charge in [-0.15, -0.1) is 11.3 Å². The van der Waals surface area contributed by atoms with Crippen LogP contribution in [-0.2, 0) is 14.3 Å². The van der Waals surface area contributed by atoms with Gasteiger partial charge in [0.15, 0.2) is 0 Å². The van der Waals surface area contributed by atoms with E-state index in [-0.39, 0.29) is 40.8 Å². The zero-order valence-electron chi connectivity index (χ0n) is 17.3. The Bertz CT molecular complexity index is 1090. The van der Waals surface area contributed by atoms with E-state index in [1.165, 1.54) is 23.5 Å². The summed E-state index contributed by atoms with van der Waals surface area (Å²) in [5.74, 6) is -1.03. The first-order chi connectivity index (χ1) is 15.5. The molecule has 0 aromatic carbocycles. The number of carbonyl (C=O) groups excluding carboxylic acids is 3. The van der Waals surface area contributed by atoms with Crippen LogP contribution in [0.4, 0.5) is 4.79 Å². The van der Waals surface area contributed by atoms with Crippen molar-refractivity contribution in [3.05, 3.63) is 57.1 Å². The van der Waals surface area contributed by atoms with E-state index in [1.54, 1.807) is 13.8 Å². The summed E-state index contributed by atoms with van der Waals surface area (Å²) < 4.78 is 10.2. The predicted octanol–water partition coefficient (Wildman–Crippen LogP) is 3.15. The fourth-order valence-corrected chi connectivity index (χ4v) is 4.67. The molecule has 3 heterocycles. The Hall–Kier alpha value is -3.36. The topological polar surface area (TPSA) is 130 Å². The summed E-state index contributed by atoms with van der Waals surface area (Å²) in [5.41, 5.74) is 0.958. The summed E-state index contributed by atoms with van der Waals surface area (Å²) >= 11 is 2.53. The number of aromatic nitrogens is 1. The number of carbonyl (C=O) groups is 3. The number of urea groups is 1. The van der Waals surface area contributed by atoms with Crippen LogP contribution < -0.4 is 10.6 Å². The number of nitriles is 1. The third kappa shape index (κ3) is 5.27. The summed E-state index contributed by atoms with van der Waals surface area (Å²) in [6.07, 6.45) is 0. The fraction of sp³-hybridized carbons (Fsp3) is 0.286. The van der Waals surface area contributed by atoms with Crippen LogP contribution in [0.1, 0.15) is 40.8 Å². The van der Waals surface area contributed by atoms with Gasteiger partial charge in [0, 0.05) is 16.3 Å². The van der Waals surface area contributed by atoms with Gasteiger partial charge in [0.2, 0.25) is 0 Å². The Kier molecular flexibility index (Phi) is 7.86. The summed E-state index contributed by atoms with van der Waals surface area (Å²) in [4.78, 5) is 42.1. The van der Waals surface area contributed by atoms with E-state index in [4.69, 9.17) is 9.47 Å². The van der Waals surface area contributed by atoms with Crippen LogP contribution >= 0.6 is 23.1 Å². The van der Waals surface area contributed by atoms with Crippen LogP contribution in [0, 0.1) is 11.3 Å². The summed E-state index contributed by atoms with van der Waals surface area (Å²) in [6.45, 7) is 3.76. The molecule has 166 valence electrons. The Labute approximate surface area is 192 Å². The van der Waals surface area contributed by atoms with E-state index >= 15 is 0 Å². The van der Waals surface area contributed by atoms with Crippen molar-refractivity contribution in [3.8, 4) is 6.07 Å². The molecule has 32 heavy (non-hydrogen) atoms. The van der Waals surface area contributed by atoms with Crippen molar-refractivity contribution in [2.24, 2.45) is 0 Å². The van der Waals surface area contributed by atoms with E-state index in [1.807, 2.05) is 23.6 Å². The van der Waals surface area contributed by atoms with Crippen LogP contribution in [0.3, 0.4) is 0 Å². The molecule has 0 bridgehead atoms. The molecular formula is C21H20N4O5S2. The second kappa shape index (κ2) is 10.8. The van der Waals surface area contributed by atoms with Crippen LogP contribution in [0.15, 0.2) is 45.9 Å². The number of nitrogens with zero attached hydrogens (tertiary/aromatic N) is 2. The SMILES string of the molecule is CCOC(=O)C1=C(CSc2nc(C(=O)OCC)ccc2C#N)NC(=O)N[C@@H]1c1cccs1. The van der Waals surface area contributed by atoms with Gasteiger partial charge < -0.3 is 20.1 Å². The molecule has 1 aliphatic heterocycles. The molecule has 0 saturated carbocycles. The largest absolute Gasteiger partial charge is 0.463 e. The zero-order chi connectivity index (χ0) is 23.1. The molecule has 11 heteroatoms. The van der Waals surface area contributed by atoms with Gasteiger partial charge in [-0.3, -0.25) is 0 Å². The average Bonchev–Trinajstić information content (AvgIpc) is 3.32. The Morgan fingerprint density at radius 3 is 2.62 bits per heavy atom.